The Labute approximate surface area is 135 Å². The monoisotopic (exact) mass is 408 g/mol. The lowest BCUT2D eigenvalue weighted by molar-refractivity contribution is 0.108. The Bertz CT molecular complexity index is 658. The number of rotatable bonds is 2. The van der Waals surface area contributed by atoms with E-state index < -0.39 is 0 Å². The Kier molecular flexibility index (Phi) is 3.94. The number of aromatic nitrogens is 2. The maximum Gasteiger partial charge on any atom is 0.138 e. The van der Waals surface area contributed by atoms with Crippen LogP contribution < -0.4 is 0 Å². The highest BCUT2D eigenvalue weighted by Gasteiger charge is 2.30. The van der Waals surface area contributed by atoms with Crippen LogP contribution in [-0.4, -0.2) is 22.3 Å². The first kappa shape index (κ1) is 14.5. The van der Waals surface area contributed by atoms with Gasteiger partial charge in [-0.3, -0.25) is 0 Å². The molecule has 1 aliphatic rings. The van der Waals surface area contributed by atoms with Crippen molar-refractivity contribution in [1.82, 2.24) is 9.55 Å². The summed E-state index contributed by atoms with van der Waals surface area (Å²) in [6, 6.07) is 3.48. The molecule has 1 saturated heterocycles. The van der Waals surface area contributed by atoms with Crippen LogP contribution in [0.5, 0.6) is 0 Å². The third-order valence-corrected chi connectivity index (χ3v) is 4.80. The predicted octanol–water partition coefficient (Wildman–Crippen LogP) is 4.43. The minimum Gasteiger partial charge on any atom is -0.376 e. The molecular weight excluding hydrogens is 394 g/mol. The van der Waals surface area contributed by atoms with Crippen molar-refractivity contribution < 1.29 is 9.13 Å². The molecule has 1 aromatic heterocycles. The summed E-state index contributed by atoms with van der Waals surface area (Å²) in [5, 5.41) is -0.226. The van der Waals surface area contributed by atoms with Gasteiger partial charge in [-0.2, -0.15) is 0 Å². The summed E-state index contributed by atoms with van der Waals surface area (Å²) >= 11 is 8.25. The van der Waals surface area contributed by atoms with Crippen molar-refractivity contribution in [3.63, 3.8) is 0 Å². The highest BCUT2D eigenvalue weighted by atomic mass is 127. The highest BCUT2D eigenvalue weighted by Crippen LogP contribution is 2.35. The summed E-state index contributed by atoms with van der Waals surface area (Å²) in [6.45, 7) is 4.64. The highest BCUT2D eigenvalue weighted by molar-refractivity contribution is 14.1. The number of imidazole rings is 1. The third-order valence-electron chi connectivity index (χ3n) is 3.78. The van der Waals surface area contributed by atoms with Crippen molar-refractivity contribution >= 4 is 45.2 Å². The van der Waals surface area contributed by atoms with Gasteiger partial charge in [0.25, 0.3) is 0 Å². The fourth-order valence-corrected chi connectivity index (χ4v) is 3.40. The molecule has 1 aromatic carbocycles. The number of fused-ring (bicyclic) bond motifs is 1. The van der Waals surface area contributed by atoms with Gasteiger partial charge in [0.2, 0.25) is 0 Å². The molecule has 0 saturated carbocycles. The zero-order chi connectivity index (χ0) is 14.4. The smallest absolute Gasteiger partial charge is 0.138 e. The summed E-state index contributed by atoms with van der Waals surface area (Å²) in [7, 11) is 0. The van der Waals surface area contributed by atoms with Crippen molar-refractivity contribution in [3.05, 3.63) is 27.3 Å². The Morgan fingerprint density at radius 1 is 1.55 bits per heavy atom. The quantitative estimate of drug-likeness (QED) is 0.543. The molecule has 6 heteroatoms. The number of ether oxygens (including phenoxy) is 1. The first-order chi connectivity index (χ1) is 9.49. The van der Waals surface area contributed by atoms with Gasteiger partial charge in [0.15, 0.2) is 0 Å². The number of hydrogen-bond acceptors (Lipinski definition) is 2. The van der Waals surface area contributed by atoms with Gasteiger partial charge in [0.05, 0.1) is 32.1 Å². The van der Waals surface area contributed by atoms with Gasteiger partial charge in [0, 0.05) is 12.7 Å². The summed E-state index contributed by atoms with van der Waals surface area (Å²) < 4.78 is 22.2. The van der Waals surface area contributed by atoms with E-state index in [1.807, 2.05) is 36.4 Å². The van der Waals surface area contributed by atoms with E-state index >= 15 is 0 Å². The standard InChI is InChI=1S/C14H15ClFIN2O/c1-7(15)14-18-11-6-10(17)9(16)5-13(11)19(14)12-3-4-20-8(12)2/h5-8,12H,3-4H2,1-2H3. The number of benzene rings is 1. The molecule has 1 fully saturated rings. The first-order valence-electron chi connectivity index (χ1n) is 6.61. The molecule has 0 radical (unpaired) electrons. The average molecular weight is 409 g/mol. The molecule has 0 amide bonds. The molecule has 0 aliphatic carbocycles. The van der Waals surface area contributed by atoms with Crippen LogP contribution in [0.4, 0.5) is 4.39 Å². The molecular formula is C14H15ClFIN2O. The minimum atomic E-state index is -0.226. The lowest BCUT2D eigenvalue weighted by atomic mass is 10.1. The maximum atomic E-state index is 13.9. The lowest BCUT2D eigenvalue weighted by Crippen LogP contribution is -2.19. The van der Waals surface area contributed by atoms with Crippen LogP contribution in [0.3, 0.4) is 0 Å². The maximum absolute atomic E-state index is 13.9. The molecule has 3 rings (SSSR count). The molecule has 3 nitrogen and oxygen atoms in total. The summed E-state index contributed by atoms with van der Waals surface area (Å²) in [4.78, 5) is 4.60. The number of hydrogen-bond donors (Lipinski definition) is 0. The summed E-state index contributed by atoms with van der Waals surface area (Å²) in [5.74, 6) is 0.560. The summed E-state index contributed by atoms with van der Waals surface area (Å²) in [5.41, 5.74) is 1.59. The van der Waals surface area contributed by atoms with Gasteiger partial charge in [-0.15, -0.1) is 11.6 Å². The Morgan fingerprint density at radius 3 is 2.90 bits per heavy atom. The van der Waals surface area contributed by atoms with Crippen LogP contribution >= 0.6 is 34.2 Å². The van der Waals surface area contributed by atoms with Gasteiger partial charge in [0.1, 0.15) is 11.6 Å². The zero-order valence-electron chi connectivity index (χ0n) is 11.2. The molecule has 108 valence electrons. The van der Waals surface area contributed by atoms with E-state index in [1.165, 1.54) is 0 Å². The SMILES string of the molecule is CC(Cl)c1nc2cc(I)c(F)cc2n1C1CCOC1C. The van der Waals surface area contributed by atoms with Crippen LogP contribution in [0.15, 0.2) is 12.1 Å². The van der Waals surface area contributed by atoms with E-state index in [4.69, 9.17) is 16.3 Å². The molecule has 2 aromatic rings. The zero-order valence-corrected chi connectivity index (χ0v) is 14.2. The largest absolute Gasteiger partial charge is 0.376 e. The average Bonchev–Trinajstić information content (AvgIpc) is 2.93. The fraction of sp³-hybridized carbons (Fsp3) is 0.500. The second-order valence-corrected chi connectivity index (χ2v) is 6.96. The van der Waals surface area contributed by atoms with E-state index in [0.717, 1.165) is 23.3 Å². The van der Waals surface area contributed by atoms with Crippen LogP contribution in [-0.2, 0) is 4.74 Å². The topological polar surface area (TPSA) is 27.1 Å². The number of alkyl halides is 1. The molecule has 0 bridgehead atoms. The van der Waals surface area contributed by atoms with Crippen LogP contribution in [0.1, 0.15) is 37.5 Å². The molecule has 1 aliphatic heterocycles. The van der Waals surface area contributed by atoms with Gasteiger partial charge in [-0.05, 0) is 48.9 Å². The Hall–Kier alpha value is -0.400. The Morgan fingerprint density at radius 2 is 2.30 bits per heavy atom. The molecule has 0 N–H and O–H groups in total. The van der Waals surface area contributed by atoms with E-state index in [1.54, 1.807) is 12.1 Å². The predicted molar refractivity (Wildman–Crippen MR) is 85.7 cm³/mol. The molecule has 3 atom stereocenters. The van der Waals surface area contributed by atoms with Crippen LogP contribution in [0, 0.1) is 9.39 Å². The van der Waals surface area contributed by atoms with Gasteiger partial charge in [-0.25, -0.2) is 9.37 Å². The van der Waals surface area contributed by atoms with Crippen LogP contribution in [0.2, 0.25) is 0 Å². The van der Waals surface area contributed by atoms with Crippen molar-refractivity contribution in [3.8, 4) is 0 Å². The Balaban J connectivity index is 2.26. The van der Waals surface area contributed by atoms with Gasteiger partial charge in [-0.1, -0.05) is 0 Å². The normalized spacial score (nSPS) is 24.4. The van der Waals surface area contributed by atoms with Gasteiger partial charge < -0.3 is 9.30 Å². The van der Waals surface area contributed by atoms with E-state index in [0.29, 0.717) is 10.2 Å². The fourth-order valence-electron chi connectivity index (χ4n) is 2.80. The molecule has 20 heavy (non-hydrogen) atoms. The van der Waals surface area contributed by atoms with E-state index in [-0.39, 0.29) is 23.3 Å². The molecule has 2 heterocycles. The second-order valence-electron chi connectivity index (χ2n) is 5.14. The second kappa shape index (κ2) is 5.42. The minimum absolute atomic E-state index is 0.0869. The number of nitrogens with zero attached hydrogens (tertiary/aromatic N) is 2. The van der Waals surface area contributed by atoms with Crippen molar-refractivity contribution in [1.29, 1.82) is 0 Å². The van der Waals surface area contributed by atoms with Gasteiger partial charge >= 0.3 is 0 Å². The van der Waals surface area contributed by atoms with E-state index in [2.05, 4.69) is 9.55 Å². The van der Waals surface area contributed by atoms with E-state index in [9.17, 15) is 4.39 Å². The molecule has 0 spiro atoms. The lowest BCUT2D eigenvalue weighted by Gasteiger charge is -2.20. The number of halogens is 3. The molecule has 3 unspecified atom stereocenters. The van der Waals surface area contributed by atoms with Crippen molar-refractivity contribution in [2.45, 2.75) is 37.8 Å². The first-order valence-corrected chi connectivity index (χ1v) is 8.13. The summed E-state index contributed by atoms with van der Waals surface area (Å²) in [6.07, 6.45) is 0.987. The van der Waals surface area contributed by atoms with Crippen molar-refractivity contribution in [2.75, 3.05) is 6.61 Å². The van der Waals surface area contributed by atoms with Crippen LogP contribution in [0.25, 0.3) is 11.0 Å². The van der Waals surface area contributed by atoms with Crippen molar-refractivity contribution in [2.24, 2.45) is 0 Å². The third kappa shape index (κ3) is 2.33.